The minimum atomic E-state index is -0.743. The van der Waals surface area contributed by atoms with Crippen molar-refractivity contribution in [2.45, 2.75) is 32.5 Å². The molecule has 0 saturated carbocycles. The van der Waals surface area contributed by atoms with Crippen LogP contribution in [-0.4, -0.2) is 40.3 Å². The van der Waals surface area contributed by atoms with Crippen molar-refractivity contribution in [3.05, 3.63) is 34.3 Å². The zero-order chi connectivity index (χ0) is 13.8. The van der Waals surface area contributed by atoms with Crippen LogP contribution in [0.15, 0.2) is 28.7 Å². The lowest BCUT2D eigenvalue weighted by molar-refractivity contribution is 0.0203. The van der Waals surface area contributed by atoms with Gasteiger partial charge in [-0.15, -0.1) is 0 Å². The van der Waals surface area contributed by atoms with E-state index >= 15 is 0 Å². The van der Waals surface area contributed by atoms with Crippen molar-refractivity contribution in [3.63, 3.8) is 0 Å². The fourth-order valence-electron chi connectivity index (χ4n) is 1.92. The number of nitrogens with zero attached hydrogens (tertiary/aromatic N) is 1. The average molecular weight is 316 g/mol. The molecule has 0 radical (unpaired) electrons. The van der Waals surface area contributed by atoms with Crippen LogP contribution in [0.2, 0.25) is 0 Å². The summed E-state index contributed by atoms with van der Waals surface area (Å²) in [7, 11) is 0. The molecule has 0 amide bonds. The molecule has 1 aromatic carbocycles. The van der Waals surface area contributed by atoms with E-state index in [4.69, 9.17) is 0 Å². The fraction of sp³-hybridized carbons (Fsp3) is 0.571. The molecule has 1 unspecified atom stereocenters. The Bertz CT molecular complexity index is 376. The molecule has 0 spiro atoms. The second-order valence-corrected chi connectivity index (χ2v) is 6.13. The molecule has 0 fully saturated rings. The van der Waals surface area contributed by atoms with Crippen molar-refractivity contribution in [1.82, 2.24) is 4.90 Å². The molecule has 18 heavy (non-hydrogen) atoms. The Morgan fingerprint density at radius 2 is 2.06 bits per heavy atom. The largest absolute Gasteiger partial charge is 0.389 e. The van der Waals surface area contributed by atoms with E-state index in [2.05, 4.69) is 15.9 Å². The van der Waals surface area contributed by atoms with Crippen molar-refractivity contribution in [2.75, 3.05) is 19.6 Å². The summed E-state index contributed by atoms with van der Waals surface area (Å²) in [5.41, 5.74) is 0.145. The van der Waals surface area contributed by atoms with Gasteiger partial charge in [-0.05, 0) is 38.1 Å². The van der Waals surface area contributed by atoms with E-state index in [1.54, 1.807) is 13.8 Å². The van der Waals surface area contributed by atoms with Crippen molar-refractivity contribution >= 4 is 15.9 Å². The zero-order valence-electron chi connectivity index (χ0n) is 11.2. The Morgan fingerprint density at radius 1 is 1.39 bits per heavy atom. The molecule has 1 atom stereocenters. The van der Waals surface area contributed by atoms with Crippen molar-refractivity contribution in [2.24, 2.45) is 0 Å². The predicted molar refractivity (Wildman–Crippen MR) is 77.5 cm³/mol. The Morgan fingerprint density at radius 3 is 2.56 bits per heavy atom. The number of aliphatic hydroxyl groups is 2. The quantitative estimate of drug-likeness (QED) is 0.848. The fourth-order valence-corrected chi connectivity index (χ4v) is 2.33. The average Bonchev–Trinajstić information content (AvgIpc) is 2.26. The molecule has 1 aromatic rings. The molecule has 0 saturated heterocycles. The van der Waals surface area contributed by atoms with Gasteiger partial charge in [-0.2, -0.15) is 0 Å². The van der Waals surface area contributed by atoms with Crippen LogP contribution in [-0.2, 0) is 0 Å². The van der Waals surface area contributed by atoms with Gasteiger partial charge in [0.1, 0.15) is 0 Å². The van der Waals surface area contributed by atoms with Crippen LogP contribution < -0.4 is 0 Å². The Hall–Kier alpha value is -0.420. The molecule has 0 aromatic heterocycles. The van der Waals surface area contributed by atoms with Crippen molar-refractivity contribution < 1.29 is 10.2 Å². The molecular weight excluding hydrogens is 294 g/mol. The van der Waals surface area contributed by atoms with Gasteiger partial charge in [0.2, 0.25) is 0 Å². The summed E-state index contributed by atoms with van der Waals surface area (Å²) in [4.78, 5) is 2.05. The molecule has 0 bridgehead atoms. The molecule has 102 valence electrons. The Balaban J connectivity index is 2.65. The van der Waals surface area contributed by atoms with E-state index in [-0.39, 0.29) is 0 Å². The van der Waals surface area contributed by atoms with Crippen LogP contribution in [0, 0.1) is 0 Å². The van der Waals surface area contributed by atoms with Gasteiger partial charge >= 0.3 is 0 Å². The third kappa shape index (κ3) is 5.48. The maximum atomic E-state index is 10.2. The highest BCUT2D eigenvalue weighted by atomic mass is 79.9. The van der Waals surface area contributed by atoms with Crippen LogP contribution in [0.3, 0.4) is 0 Å². The molecule has 2 N–H and O–H groups in total. The second-order valence-electron chi connectivity index (χ2n) is 5.21. The van der Waals surface area contributed by atoms with Gasteiger partial charge in [0.25, 0.3) is 0 Å². The summed E-state index contributed by atoms with van der Waals surface area (Å²) in [5.74, 6) is 0. The van der Waals surface area contributed by atoms with E-state index < -0.39 is 11.7 Å². The maximum Gasteiger partial charge on any atom is 0.0917 e. The lowest BCUT2D eigenvalue weighted by Crippen LogP contribution is -2.40. The Kier molecular flexibility index (Phi) is 5.79. The highest BCUT2D eigenvalue weighted by Gasteiger charge is 2.20. The van der Waals surface area contributed by atoms with E-state index in [0.717, 1.165) is 16.6 Å². The lowest BCUT2D eigenvalue weighted by Gasteiger charge is -2.29. The maximum absolute atomic E-state index is 10.2. The predicted octanol–water partition coefficient (Wildman–Crippen LogP) is 2.58. The number of halogens is 1. The summed E-state index contributed by atoms with van der Waals surface area (Å²) < 4.78 is 0.963. The highest BCUT2D eigenvalue weighted by Crippen LogP contribution is 2.19. The van der Waals surface area contributed by atoms with Crippen LogP contribution in [0.5, 0.6) is 0 Å². The third-order valence-electron chi connectivity index (χ3n) is 2.72. The smallest absolute Gasteiger partial charge is 0.0917 e. The number of benzene rings is 1. The number of hydrogen-bond donors (Lipinski definition) is 2. The monoisotopic (exact) mass is 315 g/mol. The van der Waals surface area contributed by atoms with E-state index in [1.165, 1.54) is 0 Å². The number of rotatable bonds is 6. The molecule has 1 rings (SSSR count). The minimum Gasteiger partial charge on any atom is -0.389 e. The third-order valence-corrected chi connectivity index (χ3v) is 3.22. The molecule has 3 nitrogen and oxygen atoms in total. The first-order chi connectivity index (χ1) is 8.31. The van der Waals surface area contributed by atoms with Gasteiger partial charge in [0.05, 0.1) is 11.7 Å². The summed E-state index contributed by atoms with van der Waals surface area (Å²) in [6, 6.07) is 7.68. The van der Waals surface area contributed by atoms with Crippen LogP contribution in [0.25, 0.3) is 0 Å². The van der Waals surface area contributed by atoms with Gasteiger partial charge in [-0.25, -0.2) is 0 Å². The first kappa shape index (κ1) is 15.6. The van der Waals surface area contributed by atoms with Gasteiger partial charge in [-0.3, -0.25) is 4.90 Å². The summed E-state index contributed by atoms with van der Waals surface area (Å²) >= 11 is 3.40. The SMILES string of the molecule is CCN(CC(O)c1cccc(Br)c1)CC(C)(C)O. The van der Waals surface area contributed by atoms with E-state index in [1.807, 2.05) is 36.1 Å². The van der Waals surface area contributed by atoms with Crippen LogP contribution in [0.4, 0.5) is 0 Å². The van der Waals surface area contributed by atoms with Gasteiger partial charge in [0.15, 0.2) is 0 Å². The molecule has 0 heterocycles. The van der Waals surface area contributed by atoms with Crippen LogP contribution in [0.1, 0.15) is 32.4 Å². The first-order valence-corrected chi connectivity index (χ1v) is 6.99. The van der Waals surface area contributed by atoms with Gasteiger partial charge in [0, 0.05) is 17.6 Å². The molecule has 0 aliphatic carbocycles. The van der Waals surface area contributed by atoms with Crippen molar-refractivity contribution in [3.8, 4) is 0 Å². The minimum absolute atomic E-state index is 0.525. The Labute approximate surface area is 118 Å². The molecular formula is C14H22BrNO2. The molecule has 0 aliphatic rings. The molecule has 0 aliphatic heterocycles. The topological polar surface area (TPSA) is 43.7 Å². The van der Waals surface area contributed by atoms with Gasteiger partial charge in [-0.1, -0.05) is 35.0 Å². The van der Waals surface area contributed by atoms with Crippen LogP contribution >= 0.6 is 15.9 Å². The summed E-state index contributed by atoms with van der Waals surface area (Å²) in [6.07, 6.45) is -0.537. The summed E-state index contributed by atoms with van der Waals surface area (Å²) in [6.45, 7) is 7.46. The van der Waals surface area contributed by atoms with E-state index in [9.17, 15) is 10.2 Å². The first-order valence-electron chi connectivity index (χ1n) is 6.20. The second kappa shape index (κ2) is 6.66. The molecule has 4 heteroatoms. The van der Waals surface area contributed by atoms with Crippen molar-refractivity contribution in [1.29, 1.82) is 0 Å². The number of aliphatic hydroxyl groups excluding tert-OH is 1. The highest BCUT2D eigenvalue weighted by molar-refractivity contribution is 9.10. The summed E-state index contributed by atoms with van der Waals surface area (Å²) in [5, 5.41) is 20.0. The zero-order valence-corrected chi connectivity index (χ0v) is 12.8. The number of hydrogen-bond acceptors (Lipinski definition) is 3. The normalized spacial score (nSPS) is 13.9. The number of likely N-dealkylation sites (N-methyl/N-ethyl adjacent to an activating group) is 1. The standard InChI is InChI=1S/C14H22BrNO2/c1-4-16(10-14(2,3)18)9-13(17)11-6-5-7-12(15)8-11/h5-8,13,17-18H,4,9-10H2,1-3H3. The van der Waals surface area contributed by atoms with Gasteiger partial charge < -0.3 is 10.2 Å². The lowest BCUT2D eigenvalue weighted by atomic mass is 10.1. The van der Waals surface area contributed by atoms with E-state index in [0.29, 0.717) is 13.1 Å².